The highest BCUT2D eigenvalue weighted by Gasteiger charge is 2.17. The number of hydrogen-bond donors (Lipinski definition) is 3. The van der Waals surface area contributed by atoms with E-state index in [-0.39, 0.29) is 5.11 Å². The van der Waals surface area contributed by atoms with E-state index in [4.69, 9.17) is 23.8 Å². The topological polar surface area (TPSA) is 70.2 Å². The highest BCUT2D eigenvalue weighted by atomic mass is 35.5. The number of nitrogens with one attached hydrogen (secondary N) is 3. The third-order valence-electron chi connectivity index (χ3n) is 4.51. The van der Waals surface area contributed by atoms with Gasteiger partial charge in [0.1, 0.15) is 4.88 Å². The summed E-state index contributed by atoms with van der Waals surface area (Å²) in [6.07, 6.45) is 3.11. The second kappa shape index (κ2) is 9.26. The number of rotatable bonds is 3. The number of benzene rings is 3. The molecule has 0 aliphatic rings. The van der Waals surface area contributed by atoms with Gasteiger partial charge >= 0.3 is 0 Å². The molecule has 0 aliphatic carbocycles. The van der Waals surface area contributed by atoms with Gasteiger partial charge < -0.3 is 0 Å². The Bertz CT molecular complexity index is 1340. The lowest BCUT2D eigenvalue weighted by Gasteiger charge is -2.09. The molecule has 0 atom stereocenters. The number of amides is 2. The van der Waals surface area contributed by atoms with Gasteiger partial charge in [-0.1, -0.05) is 72.3 Å². The summed E-state index contributed by atoms with van der Waals surface area (Å²) in [5.74, 6) is -0.853. The van der Waals surface area contributed by atoms with E-state index in [1.165, 1.54) is 17.4 Å². The fourth-order valence-electron chi connectivity index (χ4n) is 3.08. The highest BCUT2D eigenvalue weighted by Crippen LogP contribution is 2.34. The van der Waals surface area contributed by atoms with Crippen molar-refractivity contribution in [2.45, 2.75) is 0 Å². The van der Waals surface area contributed by atoms with Crippen molar-refractivity contribution in [2.75, 3.05) is 0 Å². The van der Waals surface area contributed by atoms with E-state index in [2.05, 4.69) is 16.2 Å². The molecule has 2 amide bonds. The first-order valence-electron chi connectivity index (χ1n) is 9.27. The molecule has 0 aliphatic heterocycles. The summed E-state index contributed by atoms with van der Waals surface area (Å²) in [5, 5.41) is 5.79. The third-order valence-corrected chi connectivity index (χ3v) is 6.38. The first-order valence-corrected chi connectivity index (χ1v) is 10.9. The number of carbonyl (C=O) groups excluding carboxylic acids is 2. The molecule has 5 nitrogen and oxygen atoms in total. The van der Waals surface area contributed by atoms with Gasteiger partial charge in [-0.15, -0.1) is 11.3 Å². The van der Waals surface area contributed by atoms with Crippen LogP contribution in [-0.2, 0) is 4.79 Å². The maximum Gasteiger partial charge on any atom is 0.281 e. The average Bonchev–Trinajstić information content (AvgIpc) is 3.13. The van der Waals surface area contributed by atoms with E-state index in [0.29, 0.717) is 9.90 Å². The van der Waals surface area contributed by atoms with Crippen LogP contribution < -0.4 is 16.2 Å². The Kier molecular flexibility index (Phi) is 6.27. The van der Waals surface area contributed by atoms with Crippen molar-refractivity contribution >= 4 is 79.0 Å². The predicted octanol–water partition coefficient (Wildman–Crippen LogP) is 5.06. The highest BCUT2D eigenvalue weighted by molar-refractivity contribution is 7.80. The molecule has 0 fully saturated rings. The summed E-state index contributed by atoms with van der Waals surface area (Å²) < 4.78 is 0.909. The van der Waals surface area contributed by atoms with E-state index in [0.717, 1.165) is 26.4 Å². The van der Waals surface area contributed by atoms with Crippen molar-refractivity contribution in [1.82, 2.24) is 16.2 Å². The molecule has 3 N–H and O–H groups in total. The van der Waals surface area contributed by atoms with Crippen LogP contribution in [0.2, 0.25) is 5.02 Å². The Morgan fingerprint density at radius 2 is 1.61 bits per heavy atom. The zero-order chi connectivity index (χ0) is 21.8. The molecule has 4 rings (SSSR count). The Balaban J connectivity index is 1.35. The summed E-state index contributed by atoms with van der Waals surface area (Å²) in [4.78, 5) is 25.0. The van der Waals surface area contributed by atoms with Crippen molar-refractivity contribution in [1.29, 1.82) is 0 Å². The lowest BCUT2D eigenvalue weighted by atomic mass is 10.0. The van der Waals surface area contributed by atoms with Crippen LogP contribution in [-0.4, -0.2) is 16.9 Å². The number of hydrogen-bond acceptors (Lipinski definition) is 4. The van der Waals surface area contributed by atoms with Crippen molar-refractivity contribution < 1.29 is 9.59 Å². The van der Waals surface area contributed by atoms with E-state index in [1.807, 2.05) is 66.7 Å². The molecule has 154 valence electrons. The summed E-state index contributed by atoms with van der Waals surface area (Å²) in [5.41, 5.74) is 5.90. The molecule has 1 aromatic heterocycles. The van der Waals surface area contributed by atoms with Gasteiger partial charge in [0.2, 0.25) is 5.91 Å². The lowest BCUT2D eigenvalue weighted by molar-refractivity contribution is -0.115. The lowest BCUT2D eigenvalue weighted by Crippen LogP contribution is -2.48. The van der Waals surface area contributed by atoms with Crippen molar-refractivity contribution in [3.8, 4) is 0 Å². The van der Waals surface area contributed by atoms with Gasteiger partial charge in [-0.05, 0) is 40.7 Å². The van der Waals surface area contributed by atoms with Gasteiger partial charge in [0, 0.05) is 16.2 Å². The van der Waals surface area contributed by atoms with E-state index in [1.54, 1.807) is 6.08 Å². The zero-order valence-electron chi connectivity index (χ0n) is 16.0. The molecule has 8 heteroatoms. The minimum absolute atomic E-state index is 0.0295. The minimum atomic E-state index is -0.436. The van der Waals surface area contributed by atoms with Gasteiger partial charge in [0.25, 0.3) is 5.91 Å². The minimum Gasteiger partial charge on any atom is -0.298 e. The van der Waals surface area contributed by atoms with E-state index in [9.17, 15) is 9.59 Å². The van der Waals surface area contributed by atoms with Crippen LogP contribution in [0, 0.1) is 0 Å². The van der Waals surface area contributed by atoms with Crippen LogP contribution in [0.5, 0.6) is 0 Å². The molecule has 1 heterocycles. The van der Waals surface area contributed by atoms with Crippen molar-refractivity contribution in [3.63, 3.8) is 0 Å². The molecule has 0 unspecified atom stereocenters. The fourth-order valence-corrected chi connectivity index (χ4v) is 4.64. The normalized spacial score (nSPS) is 11.0. The first kappa shape index (κ1) is 21.0. The smallest absolute Gasteiger partial charge is 0.281 e. The SMILES string of the molecule is O=C(/C=C/c1cccc2ccccc12)NC(=S)NNC(=O)c1sc2ccccc2c1Cl. The Hall–Kier alpha value is -3.26. The summed E-state index contributed by atoms with van der Waals surface area (Å²) >= 11 is 12.7. The predicted molar refractivity (Wildman–Crippen MR) is 131 cm³/mol. The van der Waals surface area contributed by atoms with Crippen LogP contribution in [0.15, 0.2) is 72.8 Å². The number of hydrazine groups is 1. The van der Waals surface area contributed by atoms with Gasteiger partial charge in [-0.3, -0.25) is 25.8 Å². The van der Waals surface area contributed by atoms with Gasteiger partial charge in [-0.2, -0.15) is 0 Å². The molecule has 0 bridgehead atoms. The standard InChI is InChI=1S/C23H16ClN3O2S2/c24-20-17-10-3-4-11-18(17)31-21(20)22(29)26-27-23(30)25-19(28)13-12-15-8-5-7-14-6-1-2-9-16(14)15/h1-13H,(H,26,29)(H2,25,27,28,30)/b13-12+. The largest absolute Gasteiger partial charge is 0.298 e. The number of thiophene rings is 1. The van der Waals surface area contributed by atoms with E-state index < -0.39 is 11.8 Å². The molecule has 3 aromatic carbocycles. The second-order valence-corrected chi connectivity index (χ2v) is 8.38. The number of carbonyl (C=O) groups is 2. The Morgan fingerprint density at radius 3 is 2.42 bits per heavy atom. The maximum atomic E-state index is 12.4. The van der Waals surface area contributed by atoms with Gasteiger partial charge in [0.05, 0.1) is 5.02 Å². The first-order chi connectivity index (χ1) is 15.0. The average molecular weight is 466 g/mol. The number of halogens is 1. The molecular weight excluding hydrogens is 450 g/mol. The molecule has 4 aromatic rings. The quantitative estimate of drug-likeness (QED) is 0.225. The molecule has 31 heavy (non-hydrogen) atoms. The second-order valence-electron chi connectivity index (χ2n) is 6.54. The molecule has 0 saturated carbocycles. The molecule has 0 spiro atoms. The van der Waals surface area contributed by atoms with Crippen LogP contribution in [0.4, 0.5) is 0 Å². The van der Waals surface area contributed by atoms with Gasteiger partial charge in [-0.25, -0.2) is 0 Å². The van der Waals surface area contributed by atoms with Crippen LogP contribution in [0.25, 0.3) is 26.9 Å². The van der Waals surface area contributed by atoms with Crippen molar-refractivity contribution in [3.05, 3.63) is 88.3 Å². The van der Waals surface area contributed by atoms with E-state index >= 15 is 0 Å². The van der Waals surface area contributed by atoms with Gasteiger partial charge in [0.15, 0.2) is 5.11 Å². The number of fused-ring (bicyclic) bond motifs is 2. The van der Waals surface area contributed by atoms with Crippen LogP contribution in [0.1, 0.15) is 15.2 Å². The zero-order valence-corrected chi connectivity index (χ0v) is 18.4. The molecule has 0 radical (unpaired) electrons. The van der Waals surface area contributed by atoms with Crippen LogP contribution >= 0.6 is 35.2 Å². The number of thiocarbonyl (C=S) groups is 1. The molecular formula is C23H16ClN3O2S2. The molecule has 0 saturated heterocycles. The van der Waals surface area contributed by atoms with Crippen LogP contribution in [0.3, 0.4) is 0 Å². The van der Waals surface area contributed by atoms with Crippen molar-refractivity contribution in [2.24, 2.45) is 0 Å². The summed E-state index contributed by atoms with van der Waals surface area (Å²) in [6.45, 7) is 0. The fraction of sp³-hybridized carbons (Fsp3) is 0. The summed E-state index contributed by atoms with van der Waals surface area (Å²) in [6, 6.07) is 21.3. The summed E-state index contributed by atoms with van der Waals surface area (Å²) in [7, 11) is 0. The third kappa shape index (κ3) is 4.74. The monoisotopic (exact) mass is 465 g/mol. The maximum absolute atomic E-state index is 12.4. The Morgan fingerprint density at radius 1 is 0.903 bits per heavy atom. The Labute approximate surface area is 192 Å².